The molecule has 1 aliphatic heterocycles. The van der Waals surface area contributed by atoms with Crippen LogP contribution < -0.4 is 5.69 Å². The molecule has 154 valence electrons. The van der Waals surface area contributed by atoms with Crippen molar-refractivity contribution >= 4 is 17.1 Å². The Bertz CT molecular complexity index is 1110. The molecule has 29 heavy (non-hydrogen) atoms. The summed E-state index contributed by atoms with van der Waals surface area (Å²) in [5.41, 5.74) is 4.14. The van der Waals surface area contributed by atoms with E-state index >= 15 is 0 Å². The van der Waals surface area contributed by atoms with Gasteiger partial charge in [-0.3, -0.25) is 19.0 Å². The quantitative estimate of drug-likeness (QED) is 0.734. The minimum Gasteiger partial charge on any atom is -0.335 e. The standard InChI is InChI=1S/C21H28N6O2/c1-5-15-12-17(25(4)24-15)20(28)27-10-8-14(11-13(27)3)16-7-9-22-19-18(16)26(6-2)21(29)23-19/h7,9,12-14H,5-6,8,10-11H2,1-4H3,(H,22,23,29). The van der Waals surface area contributed by atoms with Gasteiger partial charge in [0.1, 0.15) is 5.69 Å². The molecule has 1 amide bonds. The van der Waals surface area contributed by atoms with Crippen molar-refractivity contribution in [2.24, 2.45) is 7.05 Å². The van der Waals surface area contributed by atoms with Crippen molar-refractivity contribution in [1.82, 2.24) is 29.2 Å². The van der Waals surface area contributed by atoms with Gasteiger partial charge in [0.25, 0.3) is 5.91 Å². The number of likely N-dealkylation sites (tertiary alicyclic amines) is 1. The number of H-pyrrole nitrogens is 1. The predicted molar refractivity (Wildman–Crippen MR) is 111 cm³/mol. The molecule has 0 aliphatic carbocycles. The highest BCUT2D eigenvalue weighted by Gasteiger charge is 2.32. The largest absolute Gasteiger partial charge is 0.335 e. The van der Waals surface area contributed by atoms with Crippen molar-refractivity contribution in [1.29, 1.82) is 0 Å². The average molecular weight is 396 g/mol. The molecule has 1 saturated heterocycles. The second-order valence-corrected chi connectivity index (χ2v) is 7.84. The molecule has 2 atom stereocenters. The van der Waals surface area contributed by atoms with Gasteiger partial charge in [-0.15, -0.1) is 0 Å². The van der Waals surface area contributed by atoms with E-state index in [4.69, 9.17) is 0 Å². The lowest BCUT2D eigenvalue weighted by Gasteiger charge is -2.38. The first-order valence-electron chi connectivity index (χ1n) is 10.4. The number of piperidine rings is 1. The number of imidazole rings is 1. The molecule has 3 aromatic heterocycles. The summed E-state index contributed by atoms with van der Waals surface area (Å²) in [6, 6.07) is 4.02. The lowest BCUT2D eigenvalue weighted by Crippen LogP contribution is -2.44. The maximum atomic E-state index is 13.1. The Hall–Kier alpha value is -2.90. The van der Waals surface area contributed by atoms with Crippen LogP contribution in [0.15, 0.2) is 23.1 Å². The molecule has 4 rings (SSSR count). The highest BCUT2D eigenvalue weighted by molar-refractivity contribution is 5.93. The second-order valence-electron chi connectivity index (χ2n) is 7.84. The van der Waals surface area contributed by atoms with Crippen LogP contribution in [0.1, 0.15) is 61.3 Å². The number of nitrogens with zero attached hydrogens (tertiary/aromatic N) is 5. The van der Waals surface area contributed by atoms with Crippen LogP contribution in [0.5, 0.6) is 0 Å². The molecular weight excluding hydrogens is 368 g/mol. The van der Waals surface area contributed by atoms with Crippen molar-refractivity contribution in [2.45, 2.75) is 58.5 Å². The number of amides is 1. The van der Waals surface area contributed by atoms with Crippen LogP contribution in [0.25, 0.3) is 11.2 Å². The molecule has 3 aromatic rings. The minimum atomic E-state index is -0.119. The molecule has 0 spiro atoms. The summed E-state index contributed by atoms with van der Waals surface area (Å²) in [4.78, 5) is 34.5. The number of aryl methyl sites for hydroxylation is 3. The fourth-order valence-electron chi connectivity index (χ4n) is 4.55. The van der Waals surface area contributed by atoms with E-state index in [2.05, 4.69) is 22.0 Å². The predicted octanol–water partition coefficient (Wildman–Crippen LogP) is 2.45. The third-order valence-corrected chi connectivity index (χ3v) is 6.10. The highest BCUT2D eigenvalue weighted by Crippen LogP contribution is 2.35. The van der Waals surface area contributed by atoms with Gasteiger partial charge in [0, 0.05) is 32.4 Å². The number of nitrogens with one attached hydrogen (secondary N) is 1. The number of fused-ring (bicyclic) bond motifs is 1. The lowest BCUT2D eigenvalue weighted by atomic mass is 9.85. The minimum absolute atomic E-state index is 0.0395. The topological polar surface area (TPSA) is 88.8 Å². The lowest BCUT2D eigenvalue weighted by molar-refractivity contribution is 0.0605. The first kappa shape index (κ1) is 19.4. The van der Waals surface area contributed by atoms with Crippen LogP contribution in [0.3, 0.4) is 0 Å². The molecular formula is C21H28N6O2. The first-order valence-corrected chi connectivity index (χ1v) is 10.4. The average Bonchev–Trinajstić information content (AvgIpc) is 3.25. The van der Waals surface area contributed by atoms with Gasteiger partial charge in [0.2, 0.25) is 0 Å². The molecule has 1 fully saturated rings. The maximum Gasteiger partial charge on any atom is 0.327 e. The van der Waals surface area contributed by atoms with Crippen molar-refractivity contribution in [3.8, 4) is 0 Å². The van der Waals surface area contributed by atoms with Crippen LogP contribution in [-0.2, 0) is 20.0 Å². The Labute approximate surface area is 169 Å². The summed E-state index contributed by atoms with van der Waals surface area (Å²) in [5.74, 6) is 0.322. The van der Waals surface area contributed by atoms with Crippen LogP contribution in [0, 0.1) is 0 Å². The van der Waals surface area contributed by atoms with Crippen molar-refractivity contribution < 1.29 is 4.79 Å². The Morgan fingerprint density at radius 2 is 2.14 bits per heavy atom. The molecule has 1 N–H and O–H groups in total. The van der Waals surface area contributed by atoms with Gasteiger partial charge in [0.15, 0.2) is 5.65 Å². The summed E-state index contributed by atoms with van der Waals surface area (Å²) in [7, 11) is 1.83. The molecule has 4 heterocycles. The van der Waals surface area contributed by atoms with Crippen LogP contribution in [0.4, 0.5) is 0 Å². The van der Waals surface area contributed by atoms with E-state index in [1.54, 1.807) is 15.4 Å². The van der Waals surface area contributed by atoms with E-state index in [1.165, 1.54) is 0 Å². The Kier molecular flexibility index (Phi) is 5.02. The van der Waals surface area contributed by atoms with Gasteiger partial charge in [0.05, 0.1) is 11.2 Å². The summed E-state index contributed by atoms with van der Waals surface area (Å²) in [6.45, 7) is 7.39. The molecule has 0 saturated carbocycles. The highest BCUT2D eigenvalue weighted by atomic mass is 16.2. The number of hydrogen-bond acceptors (Lipinski definition) is 4. The fraction of sp³-hybridized carbons (Fsp3) is 0.524. The number of pyridine rings is 1. The molecule has 8 heteroatoms. The van der Waals surface area contributed by atoms with E-state index in [0.29, 0.717) is 24.4 Å². The number of carbonyl (C=O) groups excluding carboxylic acids is 1. The van der Waals surface area contributed by atoms with Gasteiger partial charge in [-0.25, -0.2) is 9.78 Å². The maximum absolute atomic E-state index is 13.1. The molecule has 1 aliphatic rings. The number of aromatic nitrogens is 5. The van der Waals surface area contributed by atoms with Crippen LogP contribution in [0.2, 0.25) is 0 Å². The SMILES string of the molecule is CCc1cc(C(=O)N2CCC(c3ccnc4[nH]c(=O)n(CC)c34)CC2C)n(C)n1. The normalized spacial score (nSPS) is 19.8. The van der Waals surface area contributed by atoms with Gasteiger partial charge in [-0.2, -0.15) is 5.10 Å². The third kappa shape index (κ3) is 3.26. The number of hydrogen-bond donors (Lipinski definition) is 1. The van der Waals surface area contributed by atoms with Gasteiger partial charge < -0.3 is 4.90 Å². The van der Waals surface area contributed by atoms with Crippen molar-refractivity contribution in [3.63, 3.8) is 0 Å². The Morgan fingerprint density at radius 3 is 2.79 bits per heavy atom. The Morgan fingerprint density at radius 1 is 1.34 bits per heavy atom. The first-order chi connectivity index (χ1) is 13.9. The molecule has 0 radical (unpaired) electrons. The third-order valence-electron chi connectivity index (χ3n) is 6.10. The number of carbonyl (C=O) groups is 1. The summed E-state index contributed by atoms with van der Waals surface area (Å²) in [6.07, 6.45) is 4.29. The number of rotatable bonds is 4. The fourth-order valence-corrected chi connectivity index (χ4v) is 4.55. The van der Waals surface area contributed by atoms with Crippen molar-refractivity contribution in [3.05, 3.63) is 45.8 Å². The molecule has 0 bridgehead atoms. The summed E-state index contributed by atoms with van der Waals surface area (Å²) >= 11 is 0. The van der Waals surface area contributed by atoms with E-state index in [9.17, 15) is 9.59 Å². The van der Waals surface area contributed by atoms with Crippen molar-refractivity contribution in [2.75, 3.05) is 6.54 Å². The molecule has 2 unspecified atom stereocenters. The Balaban J connectivity index is 1.60. The van der Waals surface area contributed by atoms with E-state index in [-0.39, 0.29) is 23.6 Å². The zero-order valence-corrected chi connectivity index (χ0v) is 17.5. The van der Waals surface area contributed by atoms with Crippen LogP contribution in [-0.4, -0.2) is 47.7 Å². The zero-order valence-electron chi connectivity index (χ0n) is 17.5. The van der Waals surface area contributed by atoms with E-state index in [0.717, 1.165) is 36.0 Å². The second kappa shape index (κ2) is 7.50. The summed E-state index contributed by atoms with van der Waals surface area (Å²) in [5, 5.41) is 4.41. The number of aromatic amines is 1. The zero-order chi connectivity index (χ0) is 20.7. The van der Waals surface area contributed by atoms with E-state index < -0.39 is 0 Å². The van der Waals surface area contributed by atoms with Crippen LogP contribution >= 0.6 is 0 Å². The van der Waals surface area contributed by atoms with Gasteiger partial charge >= 0.3 is 5.69 Å². The van der Waals surface area contributed by atoms with Gasteiger partial charge in [-0.05, 0) is 56.7 Å². The molecule has 0 aromatic carbocycles. The smallest absolute Gasteiger partial charge is 0.327 e. The summed E-state index contributed by atoms with van der Waals surface area (Å²) < 4.78 is 3.44. The monoisotopic (exact) mass is 396 g/mol. The van der Waals surface area contributed by atoms with E-state index in [1.807, 2.05) is 37.9 Å². The van der Waals surface area contributed by atoms with Gasteiger partial charge in [-0.1, -0.05) is 6.92 Å². The molecule has 8 nitrogen and oxygen atoms in total.